The topological polar surface area (TPSA) is 190 Å². The van der Waals surface area contributed by atoms with Crippen molar-refractivity contribution >= 4 is 75.2 Å². The van der Waals surface area contributed by atoms with Gasteiger partial charge in [0.2, 0.25) is 5.75 Å². The Hall–Kier alpha value is -4.97. The van der Waals surface area contributed by atoms with Crippen molar-refractivity contribution in [1.29, 1.82) is 0 Å². The summed E-state index contributed by atoms with van der Waals surface area (Å²) in [4.78, 5) is 60.7. The van der Waals surface area contributed by atoms with Gasteiger partial charge in [0, 0.05) is 18.2 Å². The Kier molecular flexibility index (Phi) is 9.00. The van der Waals surface area contributed by atoms with Crippen molar-refractivity contribution in [3.8, 4) is 28.7 Å². The number of ether oxygens (including phenoxy) is 4. The first-order valence-electron chi connectivity index (χ1n) is 11.7. The van der Waals surface area contributed by atoms with Gasteiger partial charge in [0.1, 0.15) is 17.1 Å². The molecule has 1 saturated heterocycles. The van der Waals surface area contributed by atoms with Crippen molar-refractivity contribution in [2.75, 3.05) is 26.2 Å². The van der Waals surface area contributed by atoms with Crippen LogP contribution in [0.1, 0.15) is 5.56 Å². The van der Waals surface area contributed by atoms with Crippen molar-refractivity contribution in [2.24, 2.45) is 0 Å². The number of non-ortho nitro benzene ring substituents is 1. The minimum Gasteiger partial charge on any atom is -0.495 e. The Morgan fingerprint density at radius 1 is 0.884 bits per heavy atom. The Morgan fingerprint density at radius 3 is 2.16 bits per heavy atom. The number of benzene rings is 3. The number of imide groups is 2. The second-order valence-corrected chi connectivity index (χ2v) is 9.99. The van der Waals surface area contributed by atoms with Gasteiger partial charge < -0.3 is 18.9 Å². The highest BCUT2D eigenvalue weighted by Crippen LogP contribution is 2.42. The molecule has 1 fully saturated rings. The number of amides is 4. The van der Waals surface area contributed by atoms with Crippen LogP contribution in [-0.2, 0) is 9.59 Å². The quantitative estimate of drug-likeness (QED) is 0.0998. The van der Waals surface area contributed by atoms with Crippen molar-refractivity contribution in [3.63, 3.8) is 0 Å². The van der Waals surface area contributed by atoms with Crippen LogP contribution in [0.5, 0.6) is 28.7 Å². The summed E-state index contributed by atoms with van der Waals surface area (Å²) in [5.74, 6) is -1.97. The number of nitrogens with one attached hydrogen (secondary N) is 1. The van der Waals surface area contributed by atoms with E-state index in [1.807, 2.05) is 22.6 Å². The van der Waals surface area contributed by atoms with E-state index < -0.39 is 44.6 Å². The van der Waals surface area contributed by atoms with Crippen molar-refractivity contribution in [3.05, 3.63) is 82.4 Å². The summed E-state index contributed by atoms with van der Waals surface area (Å²) >= 11 is 7.99. The molecule has 0 atom stereocenters. The zero-order chi connectivity index (χ0) is 31.6. The van der Waals surface area contributed by atoms with E-state index in [1.54, 1.807) is 0 Å². The number of carbonyl (C=O) groups is 3. The second kappa shape index (κ2) is 12.5. The van der Waals surface area contributed by atoms with Crippen molar-refractivity contribution in [1.82, 2.24) is 5.32 Å². The number of barbiturate groups is 1. The van der Waals surface area contributed by atoms with Gasteiger partial charge in [0.25, 0.3) is 17.5 Å². The minimum atomic E-state index is -1.03. The lowest BCUT2D eigenvalue weighted by Gasteiger charge is -2.28. The van der Waals surface area contributed by atoms with Gasteiger partial charge >= 0.3 is 11.7 Å². The number of methoxy groups -OCH3 is 3. The number of rotatable bonds is 9. The van der Waals surface area contributed by atoms with E-state index in [9.17, 15) is 34.6 Å². The standard InChI is InChI=1S/C26H18ClIN4O11/c1-40-20-11-17(21(41-2)10-15(20)27)30-25(34)14(24(33)29-26(30)35)6-12-7-16(28)23(22(8-12)42-3)43-19-5-4-13(31(36)37)9-18(19)32(38)39/h4-11H,1-3H3,(H,29,33,35)/b14-6+. The largest absolute Gasteiger partial charge is 0.495 e. The highest BCUT2D eigenvalue weighted by molar-refractivity contribution is 14.1. The van der Waals surface area contributed by atoms with Crippen LogP contribution in [0.4, 0.5) is 21.9 Å². The molecular weight excluding hydrogens is 707 g/mol. The van der Waals surface area contributed by atoms with Crippen LogP contribution in [-0.4, -0.2) is 49.0 Å². The van der Waals surface area contributed by atoms with Gasteiger partial charge in [-0.1, -0.05) is 11.6 Å². The lowest BCUT2D eigenvalue weighted by molar-refractivity contribution is -0.394. The maximum Gasteiger partial charge on any atom is 0.336 e. The maximum atomic E-state index is 13.5. The van der Waals surface area contributed by atoms with E-state index in [0.29, 0.717) is 8.47 Å². The molecule has 0 aliphatic carbocycles. The zero-order valence-corrected chi connectivity index (χ0v) is 25.1. The molecule has 1 heterocycles. The maximum absolute atomic E-state index is 13.5. The number of halogens is 2. The van der Waals surface area contributed by atoms with Crippen LogP contribution in [0, 0.1) is 23.8 Å². The first kappa shape index (κ1) is 31.0. The summed E-state index contributed by atoms with van der Waals surface area (Å²) in [5.41, 5.74) is -1.35. The predicted molar refractivity (Wildman–Crippen MR) is 159 cm³/mol. The van der Waals surface area contributed by atoms with Gasteiger partial charge in [-0.3, -0.25) is 35.1 Å². The molecule has 4 amide bonds. The highest BCUT2D eigenvalue weighted by atomic mass is 127. The summed E-state index contributed by atoms with van der Waals surface area (Å²) in [5, 5.41) is 24.9. The van der Waals surface area contributed by atoms with Gasteiger partial charge in [-0.05, 0) is 52.4 Å². The molecule has 0 radical (unpaired) electrons. The van der Waals surface area contributed by atoms with Crippen LogP contribution in [0.2, 0.25) is 5.02 Å². The third kappa shape index (κ3) is 6.14. The molecule has 4 rings (SSSR count). The summed E-state index contributed by atoms with van der Waals surface area (Å²) < 4.78 is 21.9. The molecule has 0 unspecified atom stereocenters. The monoisotopic (exact) mass is 724 g/mol. The average Bonchev–Trinajstić information content (AvgIpc) is 2.96. The zero-order valence-electron chi connectivity index (χ0n) is 22.2. The molecule has 222 valence electrons. The van der Waals surface area contributed by atoms with Gasteiger partial charge in [-0.2, -0.15) is 0 Å². The fraction of sp³-hybridized carbons (Fsp3) is 0.115. The molecule has 15 nitrogen and oxygen atoms in total. The third-order valence-electron chi connectivity index (χ3n) is 5.92. The number of nitro benzene ring substituents is 2. The van der Waals surface area contributed by atoms with E-state index in [1.165, 1.54) is 51.7 Å². The number of carbonyl (C=O) groups excluding carboxylic acids is 3. The molecule has 17 heteroatoms. The molecule has 1 N–H and O–H groups in total. The van der Waals surface area contributed by atoms with Crippen molar-refractivity contribution < 1.29 is 43.2 Å². The SMILES string of the molecule is COc1cc(N2C(=O)NC(=O)/C(=C\c3cc(I)c(Oc4ccc([N+](=O)[O-])cc4[N+](=O)[O-])c(OC)c3)C2=O)c(OC)cc1Cl. The summed E-state index contributed by atoms with van der Waals surface area (Å²) in [6, 6.07) is 7.38. The number of anilines is 1. The second-order valence-electron chi connectivity index (χ2n) is 8.42. The van der Waals surface area contributed by atoms with Crippen LogP contribution >= 0.6 is 34.2 Å². The van der Waals surface area contributed by atoms with E-state index >= 15 is 0 Å². The molecule has 0 spiro atoms. The number of nitrogens with zero attached hydrogens (tertiary/aromatic N) is 3. The molecule has 3 aromatic rings. The number of nitro groups is 2. The Balaban J connectivity index is 1.75. The lowest BCUT2D eigenvalue weighted by atomic mass is 10.1. The van der Waals surface area contributed by atoms with E-state index in [0.717, 1.165) is 18.2 Å². The predicted octanol–water partition coefficient (Wildman–Crippen LogP) is 5.25. The Morgan fingerprint density at radius 2 is 1.56 bits per heavy atom. The number of hydrogen-bond acceptors (Lipinski definition) is 11. The van der Waals surface area contributed by atoms with Crippen LogP contribution < -0.4 is 29.2 Å². The fourth-order valence-electron chi connectivity index (χ4n) is 3.94. The normalized spacial score (nSPS) is 13.9. The van der Waals surface area contributed by atoms with Gasteiger partial charge in [0.05, 0.1) is 51.5 Å². The molecule has 0 bridgehead atoms. The molecule has 43 heavy (non-hydrogen) atoms. The van der Waals surface area contributed by atoms with Crippen LogP contribution in [0.25, 0.3) is 6.08 Å². The van der Waals surface area contributed by atoms with Gasteiger partial charge in [-0.15, -0.1) is 0 Å². The van der Waals surface area contributed by atoms with Gasteiger partial charge in [0.15, 0.2) is 11.5 Å². The minimum absolute atomic E-state index is 0.0245. The van der Waals surface area contributed by atoms with E-state index in [4.69, 9.17) is 30.5 Å². The van der Waals surface area contributed by atoms with Crippen LogP contribution in [0.3, 0.4) is 0 Å². The third-order valence-corrected chi connectivity index (χ3v) is 7.02. The van der Waals surface area contributed by atoms with E-state index in [2.05, 4.69) is 5.32 Å². The summed E-state index contributed by atoms with van der Waals surface area (Å²) in [6.45, 7) is 0. The fourth-order valence-corrected chi connectivity index (χ4v) is 4.91. The molecule has 3 aromatic carbocycles. The summed E-state index contributed by atoms with van der Waals surface area (Å²) in [6.07, 6.45) is 1.21. The first-order valence-corrected chi connectivity index (χ1v) is 13.2. The molecular formula is C26H18ClIN4O11. The molecule has 0 aromatic heterocycles. The summed E-state index contributed by atoms with van der Waals surface area (Å²) in [7, 11) is 3.93. The smallest absolute Gasteiger partial charge is 0.336 e. The van der Waals surface area contributed by atoms with E-state index in [-0.39, 0.29) is 45.0 Å². The number of urea groups is 1. The molecule has 0 saturated carbocycles. The lowest BCUT2D eigenvalue weighted by Crippen LogP contribution is -2.54. The van der Waals surface area contributed by atoms with Crippen LogP contribution in [0.15, 0.2) is 48.0 Å². The molecule has 1 aliphatic heterocycles. The Bertz CT molecular complexity index is 1740. The van der Waals surface area contributed by atoms with Gasteiger partial charge in [-0.25, -0.2) is 9.69 Å². The highest BCUT2D eigenvalue weighted by Gasteiger charge is 2.39. The first-order chi connectivity index (χ1) is 20.4. The average molecular weight is 725 g/mol. The Labute approximate surface area is 260 Å². The molecule has 1 aliphatic rings. The number of hydrogen-bond donors (Lipinski definition) is 1. The van der Waals surface area contributed by atoms with Crippen molar-refractivity contribution in [2.45, 2.75) is 0 Å².